The van der Waals surface area contributed by atoms with Gasteiger partial charge in [-0.2, -0.15) is 5.26 Å². The highest BCUT2D eigenvalue weighted by Gasteiger charge is 2.04. The third-order valence-corrected chi connectivity index (χ3v) is 2.96. The minimum absolute atomic E-state index is 0.0279. The van der Waals surface area contributed by atoms with E-state index in [-0.39, 0.29) is 5.75 Å². The summed E-state index contributed by atoms with van der Waals surface area (Å²) in [7, 11) is 0. The molecule has 0 aliphatic carbocycles. The van der Waals surface area contributed by atoms with E-state index in [4.69, 9.17) is 5.26 Å². The molecule has 2 aromatic carbocycles. The summed E-state index contributed by atoms with van der Waals surface area (Å²) in [5, 5.41) is 18.3. The van der Waals surface area contributed by atoms with E-state index in [0.29, 0.717) is 5.56 Å². The molecule has 84 valence electrons. The zero-order valence-electron chi connectivity index (χ0n) is 9.86. The molecule has 17 heavy (non-hydrogen) atoms. The average molecular weight is 223 g/mol. The maximum absolute atomic E-state index is 9.46. The number of phenols is 1. The molecule has 0 saturated heterocycles. The van der Waals surface area contributed by atoms with Crippen LogP contribution in [0.5, 0.6) is 5.75 Å². The Morgan fingerprint density at radius 3 is 2.24 bits per heavy atom. The van der Waals surface area contributed by atoms with Crippen molar-refractivity contribution in [2.75, 3.05) is 0 Å². The molecule has 0 amide bonds. The van der Waals surface area contributed by atoms with Gasteiger partial charge in [0.2, 0.25) is 0 Å². The van der Waals surface area contributed by atoms with Crippen LogP contribution in [-0.4, -0.2) is 5.11 Å². The number of aromatic hydroxyl groups is 1. The monoisotopic (exact) mass is 223 g/mol. The summed E-state index contributed by atoms with van der Waals surface area (Å²) in [5.41, 5.74) is 4.77. The summed E-state index contributed by atoms with van der Waals surface area (Å²) in [5.74, 6) is 0.0279. The molecule has 2 rings (SSSR count). The van der Waals surface area contributed by atoms with Gasteiger partial charge in [-0.1, -0.05) is 24.3 Å². The Labute approximate surface area is 101 Å². The highest BCUT2D eigenvalue weighted by Crippen LogP contribution is 2.26. The van der Waals surface area contributed by atoms with Crippen LogP contribution in [0.3, 0.4) is 0 Å². The van der Waals surface area contributed by atoms with Crippen LogP contribution in [0.1, 0.15) is 16.7 Å². The topological polar surface area (TPSA) is 44.0 Å². The number of phenolic OH excluding ortho intramolecular Hbond substituents is 1. The third-order valence-electron chi connectivity index (χ3n) is 2.96. The second kappa shape index (κ2) is 4.31. The zero-order valence-corrected chi connectivity index (χ0v) is 9.86. The van der Waals surface area contributed by atoms with Crippen molar-refractivity contribution in [1.29, 1.82) is 5.26 Å². The molecule has 0 saturated carbocycles. The smallest absolute Gasteiger partial charge is 0.133 e. The summed E-state index contributed by atoms with van der Waals surface area (Å²) in [4.78, 5) is 0. The highest BCUT2D eigenvalue weighted by molar-refractivity contribution is 5.68. The van der Waals surface area contributed by atoms with Gasteiger partial charge in [0, 0.05) is 0 Å². The van der Waals surface area contributed by atoms with Gasteiger partial charge in [0.05, 0.1) is 5.56 Å². The van der Waals surface area contributed by atoms with Gasteiger partial charge in [-0.05, 0) is 48.2 Å². The van der Waals surface area contributed by atoms with Crippen LogP contribution in [-0.2, 0) is 0 Å². The maximum Gasteiger partial charge on any atom is 0.133 e. The van der Waals surface area contributed by atoms with Gasteiger partial charge in [0.25, 0.3) is 0 Å². The first-order chi connectivity index (χ1) is 8.11. The molecule has 0 aromatic heterocycles. The van der Waals surface area contributed by atoms with Crippen molar-refractivity contribution in [2.45, 2.75) is 13.8 Å². The Hall–Kier alpha value is -2.27. The van der Waals surface area contributed by atoms with Gasteiger partial charge in [0.1, 0.15) is 11.8 Å². The minimum Gasteiger partial charge on any atom is -0.507 e. The van der Waals surface area contributed by atoms with E-state index < -0.39 is 0 Å². The van der Waals surface area contributed by atoms with Gasteiger partial charge >= 0.3 is 0 Å². The van der Waals surface area contributed by atoms with Crippen LogP contribution < -0.4 is 0 Å². The molecular weight excluding hydrogens is 210 g/mol. The van der Waals surface area contributed by atoms with Crippen LogP contribution in [0.4, 0.5) is 0 Å². The predicted molar refractivity (Wildman–Crippen MR) is 67.7 cm³/mol. The van der Waals surface area contributed by atoms with E-state index in [0.717, 1.165) is 11.1 Å². The number of hydrogen-bond acceptors (Lipinski definition) is 2. The molecule has 1 N–H and O–H groups in total. The lowest BCUT2D eigenvalue weighted by atomic mass is 9.99. The number of nitriles is 1. The summed E-state index contributed by atoms with van der Waals surface area (Å²) in [6.45, 7) is 4.13. The van der Waals surface area contributed by atoms with Crippen LogP contribution in [0.15, 0.2) is 36.4 Å². The van der Waals surface area contributed by atoms with Gasteiger partial charge in [-0.15, -0.1) is 0 Å². The van der Waals surface area contributed by atoms with Crippen molar-refractivity contribution in [3.63, 3.8) is 0 Å². The molecule has 2 aromatic rings. The molecule has 2 nitrogen and oxygen atoms in total. The lowest BCUT2D eigenvalue weighted by molar-refractivity contribution is 0.473. The standard InChI is InChI=1S/C15H13NO/c1-10-3-4-12(7-11(10)2)13-5-6-15(17)14(8-13)9-16/h3-8,17H,1-2H3. The molecule has 0 radical (unpaired) electrons. The van der Waals surface area contributed by atoms with E-state index >= 15 is 0 Å². The molecule has 0 unspecified atom stereocenters. The number of rotatable bonds is 1. The molecule has 0 fully saturated rings. The Morgan fingerprint density at radius 1 is 0.941 bits per heavy atom. The van der Waals surface area contributed by atoms with Gasteiger partial charge < -0.3 is 5.11 Å². The van der Waals surface area contributed by atoms with Crippen molar-refractivity contribution < 1.29 is 5.11 Å². The van der Waals surface area contributed by atoms with Crippen LogP contribution in [0, 0.1) is 25.2 Å². The second-order valence-corrected chi connectivity index (χ2v) is 4.14. The summed E-state index contributed by atoms with van der Waals surface area (Å²) in [6.07, 6.45) is 0. The van der Waals surface area contributed by atoms with Crippen molar-refractivity contribution >= 4 is 0 Å². The van der Waals surface area contributed by atoms with Crippen molar-refractivity contribution in [1.82, 2.24) is 0 Å². The SMILES string of the molecule is Cc1ccc(-c2ccc(O)c(C#N)c2)cc1C. The van der Waals surface area contributed by atoms with Crippen LogP contribution >= 0.6 is 0 Å². The van der Waals surface area contributed by atoms with Crippen molar-refractivity contribution in [3.05, 3.63) is 53.1 Å². The quantitative estimate of drug-likeness (QED) is 0.803. The van der Waals surface area contributed by atoms with E-state index in [1.54, 1.807) is 12.1 Å². The predicted octanol–water partition coefficient (Wildman–Crippen LogP) is 3.55. The van der Waals surface area contributed by atoms with E-state index in [2.05, 4.69) is 26.0 Å². The first kappa shape index (κ1) is 11.2. The fraction of sp³-hybridized carbons (Fsp3) is 0.133. The van der Waals surface area contributed by atoms with Crippen molar-refractivity contribution in [3.8, 4) is 22.9 Å². The van der Waals surface area contributed by atoms with Gasteiger partial charge in [-0.3, -0.25) is 0 Å². The Kier molecular flexibility index (Phi) is 2.84. The Balaban J connectivity index is 2.54. The van der Waals surface area contributed by atoms with E-state index in [1.165, 1.54) is 11.1 Å². The Bertz CT molecular complexity index is 609. The first-order valence-corrected chi connectivity index (χ1v) is 5.42. The zero-order chi connectivity index (χ0) is 12.4. The minimum atomic E-state index is 0.0279. The number of nitrogens with zero attached hydrogens (tertiary/aromatic N) is 1. The Morgan fingerprint density at radius 2 is 1.59 bits per heavy atom. The highest BCUT2D eigenvalue weighted by atomic mass is 16.3. The molecule has 0 atom stereocenters. The lowest BCUT2D eigenvalue weighted by Gasteiger charge is -2.06. The fourth-order valence-corrected chi connectivity index (χ4v) is 1.73. The second-order valence-electron chi connectivity index (χ2n) is 4.14. The fourth-order valence-electron chi connectivity index (χ4n) is 1.73. The third kappa shape index (κ3) is 2.14. The molecule has 0 aliphatic heterocycles. The largest absolute Gasteiger partial charge is 0.507 e. The van der Waals surface area contributed by atoms with Crippen LogP contribution in [0.25, 0.3) is 11.1 Å². The molecule has 2 heteroatoms. The van der Waals surface area contributed by atoms with Crippen molar-refractivity contribution in [2.24, 2.45) is 0 Å². The molecule has 0 bridgehead atoms. The summed E-state index contributed by atoms with van der Waals surface area (Å²) >= 11 is 0. The van der Waals surface area contributed by atoms with Gasteiger partial charge in [0.15, 0.2) is 0 Å². The molecule has 0 aliphatic rings. The molecule has 0 heterocycles. The van der Waals surface area contributed by atoms with Crippen LogP contribution in [0.2, 0.25) is 0 Å². The van der Waals surface area contributed by atoms with Gasteiger partial charge in [-0.25, -0.2) is 0 Å². The van der Waals surface area contributed by atoms with E-state index in [1.807, 2.05) is 18.2 Å². The number of aryl methyl sites for hydroxylation is 2. The molecular formula is C15H13NO. The average Bonchev–Trinajstić information content (AvgIpc) is 2.33. The maximum atomic E-state index is 9.46. The molecule has 0 spiro atoms. The summed E-state index contributed by atoms with van der Waals surface area (Å²) in [6, 6.07) is 13.2. The number of hydrogen-bond donors (Lipinski definition) is 1. The lowest BCUT2D eigenvalue weighted by Crippen LogP contribution is -1.85. The van der Waals surface area contributed by atoms with E-state index in [9.17, 15) is 5.11 Å². The normalized spacial score (nSPS) is 9.94. The summed E-state index contributed by atoms with van der Waals surface area (Å²) < 4.78 is 0. The number of benzene rings is 2. The first-order valence-electron chi connectivity index (χ1n) is 5.42.